The van der Waals surface area contributed by atoms with Crippen LogP contribution in [0, 0.1) is 23.4 Å². The summed E-state index contributed by atoms with van der Waals surface area (Å²) in [5.74, 6) is -1.10. The van der Waals surface area contributed by atoms with Gasteiger partial charge in [-0.2, -0.15) is 0 Å². The lowest BCUT2D eigenvalue weighted by atomic mass is 9.76. The molecule has 1 heterocycles. The van der Waals surface area contributed by atoms with E-state index < -0.39 is 17.7 Å². The van der Waals surface area contributed by atoms with E-state index in [1.54, 1.807) is 49.4 Å². The van der Waals surface area contributed by atoms with Gasteiger partial charge in [0.1, 0.15) is 11.9 Å². The zero-order valence-corrected chi connectivity index (χ0v) is 19.9. The minimum absolute atomic E-state index is 0.0595. The van der Waals surface area contributed by atoms with Crippen LogP contribution < -0.4 is 0 Å². The lowest BCUT2D eigenvalue weighted by Crippen LogP contribution is -2.15. The number of hydrogen-bond acceptors (Lipinski definition) is 2. The van der Waals surface area contributed by atoms with Crippen LogP contribution in [0.1, 0.15) is 79.4 Å². The van der Waals surface area contributed by atoms with E-state index in [0.717, 1.165) is 48.8 Å². The van der Waals surface area contributed by atoms with E-state index in [9.17, 15) is 18.3 Å². The molecule has 2 nitrogen and oxygen atoms in total. The van der Waals surface area contributed by atoms with E-state index >= 15 is 0 Å². The second-order valence-electron chi connectivity index (χ2n) is 10.1. The van der Waals surface area contributed by atoms with Crippen LogP contribution in [0.2, 0.25) is 0 Å². The topological polar surface area (TPSA) is 32.8 Å². The van der Waals surface area contributed by atoms with Gasteiger partial charge in [-0.15, -0.1) is 0 Å². The van der Waals surface area contributed by atoms with Gasteiger partial charge < -0.3 is 9.84 Å². The molecule has 1 aliphatic carbocycles. The van der Waals surface area contributed by atoms with Crippen molar-refractivity contribution in [1.29, 1.82) is 0 Å². The molecule has 2 fully saturated rings. The number of aryl methyl sites for hydroxylation is 1. The van der Waals surface area contributed by atoms with Crippen LogP contribution in [0.4, 0.5) is 13.2 Å². The third-order valence-corrected chi connectivity index (χ3v) is 7.70. The highest BCUT2D eigenvalue weighted by atomic mass is 19.2. The van der Waals surface area contributed by atoms with Crippen molar-refractivity contribution >= 4 is 0 Å². The molecule has 5 rings (SSSR count). The fraction of sp³-hybridized carbons (Fsp3) is 0.400. The summed E-state index contributed by atoms with van der Waals surface area (Å²) < 4.78 is 49.6. The molecule has 0 radical (unpaired) electrons. The van der Waals surface area contributed by atoms with Crippen LogP contribution in [0.3, 0.4) is 0 Å². The van der Waals surface area contributed by atoms with E-state index in [4.69, 9.17) is 4.74 Å². The average Bonchev–Trinajstić information content (AvgIpc) is 3.71. The Morgan fingerprint density at radius 2 is 1.63 bits per heavy atom. The summed E-state index contributed by atoms with van der Waals surface area (Å²) in [6.07, 6.45) is 4.51. The fourth-order valence-corrected chi connectivity index (χ4v) is 5.38. The molecule has 2 unspecified atom stereocenters. The minimum Gasteiger partial charge on any atom is -0.389 e. The normalized spacial score (nSPS) is 22.7. The van der Waals surface area contributed by atoms with Gasteiger partial charge in [0.2, 0.25) is 0 Å². The van der Waals surface area contributed by atoms with E-state index in [1.807, 2.05) is 12.1 Å². The number of aliphatic hydroxyl groups excluding tert-OH is 1. The van der Waals surface area contributed by atoms with Gasteiger partial charge in [-0.3, -0.25) is 0 Å². The minimum atomic E-state index is -0.827. The molecule has 184 valence electrons. The maximum absolute atomic E-state index is 14.9. The van der Waals surface area contributed by atoms with Gasteiger partial charge in [0, 0.05) is 5.56 Å². The molecule has 0 aromatic heterocycles. The summed E-state index contributed by atoms with van der Waals surface area (Å²) in [5.41, 5.74) is 3.65. The molecule has 1 aliphatic heterocycles. The molecule has 3 aromatic rings. The highest BCUT2D eigenvalue weighted by Crippen LogP contribution is 2.40. The highest BCUT2D eigenvalue weighted by Gasteiger charge is 2.28. The molecule has 1 saturated heterocycles. The number of halogens is 3. The predicted octanol–water partition coefficient (Wildman–Crippen LogP) is 7.80. The quantitative estimate of drug-likeness (QED) is 0.350. The summed E-state index contributed by atoms with van der Waals surface area (Å²) in [6.45, 7) is 2.34. The first-order valence-corrected chi connectivity index (χ1v) is 12.6. The van der Waals surface area contributed by atoms with Crippen molar-refractivity contribution in [3.05, 3.63) is 94.3 Å². The number of hydrogen-bond donors (Lipinski definition) is 1. The van der Waals surface area contributed by atoms with Crippen molar-refractivity contribution < 1.29 is 23.0 Å². The maximum atomic E-state index is 14.9. The molecule has 1 saturated carbocycles. The van der Waals surface area contributed by atoms with E-state index in [2.05, 4.69) is 0 Å². The molecule has 1 N–H and O–H groups in total. The first-order chi connectivity index (χ1) is 16.9. The zero-order chi connectivity index (χ0) is 24.5. The number of epoxide rings is 1. The summed E-state index contributed by atoms with van der Waals surface area (Å²) >= 11 is 0. The van der Waals surface area contributed by atoms with Crippen LogP contribution >= 0.6 is 0 Å². The van der Waals surface area contributed by atoms with Crippen LogP contribution in [0.5, 0.6) is 0 Å². The van der Waals surface area contributed by atoms with Crippen molar-refractivity contribution in [2.75, 3.05) is 6.61 Å². The summed E-state index contributed by atoms with van der Waals surface area (Å²) in [7, 11) is 0. The maximum Gasteiger partial charge on any atom is 0.166 e. The Morgan fingerprint density at radius 1 is 0.914 bits per heavy atom. The molecule has 2 atom stereocenters. The molecular weight excluding hydrogens is 449 g/mol. The van der Waals surface area contributed by atoms with Crippen molar-refractivity contribution in [1.82, 2.24) is 0 Å². The number of aliphatic hydroxyl groups is 1. The van der Waals surface area contributed by atoms with Gasteiger partial charge in [0.05, 0.1) is 12.7 Å². The van der Waals surface area contributed by atoms with Gasteiger partial charge in [-0.05, 0) is 91.2 Å². The molecule has 0 amide bonds. The second kappa shape index (κ2) is 10.2. The number of ether oxygens (including phenoxy) is 1. The first-order valence-electron chi connectivity index (χ1n) is 12.6. The first kappa shape index (κ1) is 24.1. The molecule has 0 spiro atoms. The van der Waals surface area contributed by atoms with Crippen molar-refractivity contribution in [2.45, 2.75) is 63.6 Å². The Labute approximate surface area is 204 Å². The largest absolute Gasteiger partial charge is 0.389 e. The third kappa shape index (κ3) is 5.31. The van der Waals surface area contributed by atoms with Crippen molar-refractivity contribution in [3.63, 3.8) is 0 Å². The van der Waals surface area contributed by atoms with Crippen molar-refractivity contribution in [2.24, 2.45) is 5.92 Å². The van der Waals surface area contributed by atoms with Gasteiger partial charge in [0.15, 0.2) is 11.6 Å². The second-order valence-corrected chi connectivity index (χ2v) is 10.1. The summed E-state index contributed by atoms with van der Waals surface area (Å²) in [4.78, 5) is 0. The van der Waals surface area contributed by atoms with E-state index in [1.165, 1.54) is 0 Å². The Balaban J connectivity index is 1.18. The molecule has 0 bridgehead atoms. The average molecular weight is 481 g/mol. The summed E-state index contributed by atoms with van der Waals surface area (Å²) in [5, 5.41) is 9.65. The van der Waals surface area contributed by atoms with Crippen LogP contribution in [-0.2, 0) is 11.2 Å². The standard InChI is InChI=1S/C30H31F3O2/c1-18(34)20-8-10-22(11-9-20)26-15-12-23(29(32)30(26)33)7-4-19-2-5-21(6-3-19)25-14-13-24(16-27(25)31)28-17-35-28/h8-16,18-19,21,28,34H,2-7,17H2,1H3. The Hall–Kier alpha value is -2.63. The molecule has 5 heteroatoms. The smallest absolute Gasteiger partial charge is 0.166 e. The Morgan fingerprint density at radius 3 is 2.26 bits per heavy atom. The van der Waals surface area contributed by atoms with Crippen molar-refractivity contribution in [3.8, 4) is 11.1 Å². The van der Waals surface area contributed by atoms with Gasteiger partial charge in [-0.25, -0.2) is 13.2 Å². The van der Waals surface area contributed by atoms with Crippen LogP contribution in [-0.4, -0.2) is 11.7 Å². The monoisotopic (exact) mass is 480 g/mol. The predicted molar refractivity (Wildman–Crippen MR) is 131 cm³/mol. The highest BCUT2D eigenvalue weighted by molar-refractivity contribution is 5.65. The lowest BCUT2D eigenvalue weighted by Gasteiger charge is -2.29. The van der Waals surface area contributed by atoms with Crippen LogP contribution in [0.25, 0.3) is 11.1 Å². The molecule has 2 aliphatic rings. The molecule has 3 aromatic carbocycles. The SMILES string of the molecule is CC(O)c1ccc(-c2ccc(CCC3CCC(c4ccc(C5CO5)cc4F)CC3)c(F)c2F)cc1. The molecular formula is C30H31F3O2. The molecule has 35 heavy (non-hydrogen) atoms. The Kier molecular flexibility index (Phi) is 6.99. The van der Waals surface area contributed by atoms with E-state index in [0.29, 0.717) is 30.1 Å². The lowest BCUT2D eigenvalue weighted by molar-refractivity contribution is 0.199. The Bertz CT molecular complexity index is 1180. The third-order valence-electron chi connectivity index (χ3n) is 7.70. The summed E-state index contributed by atoms with van der Waals surface area (Å²) in [6, 6.07) is 15.7. The zero-order valence-electron chi connectivity index (χ0n) is 19.9. The van der Waals surface area contributed by atoms with Gasteiger partial charge in [0.25, 0.3) is 0 Å². The number of benzene rings is 3. The van der Waals surface area contributed by atoms with E-state index in [-0.39, 0.29) is 23.4 Å². The number of rotatable bonds is 7. The van der Waals surface area contributed by atoms with Gasteiger partial charge >= 0.3 is 0 Å². The van der Waals surface area contributed by atoms with Crippen LogP contribution in [0.15, 0.2) is 54.6 Å². The van der Waals surface area contributed by atoms with Gasteiger partial charge in [-0.1, -0.05) is 48.5 Å². The fourth-order valence-electron chi connectivity index (χ4n) is 5.38.